The highest BCUT2D eigenvalue weighted by molar-refractivity contribution is 7.99. The van der Waals surface area contributed by atoms with Gasteiger partial charge in [-0.2, -0.15) is 0 Å². The molecule has 1 amide bonds. The highest BCUT2D eigenvalue weighted by Crippen LogP contribution is 2.20. The van der Waals surface area contributed by atoms with Crippen LogP contribution in [0, 0.1) is 5.92 Å². The largest absolute Gasteiger partial charge is 0.344 e. The molecular formula is C17H27Cl2N3OS. The van der Waals surface area contributed by atoms with Crippen LogP contribution in [-0.4, -0.2) is 60.1 Å². The second kappa shape index (κ2) is 10.5. The zero-order chi connectivity index (χ0) is 15.4. The Hall–Kier alpha value is -0.460. The van der Waals surface area contributed by atoms with Crippen LogP contribution in [0.15, 0.2) is 30.3 Å². The van der Waals surface area contributed by atoms with E-state index in [2.05, 4.69) is 40.5 Å². The van der Waals surface area contributed by atoms with Gasteiger partial charge in [-0.05, 0) is 24.4 Å². The van der Waals surface area contributed by atoms with E-state index >= 15 is 0 Å². The number of nitrogens with zero attached hydrogens (tertiary/aromatic N) is 2. The minimum atomic E-state index is 0. The number of rotatable bonds is 5. The Kier molecular flexibility index (Phi) is 9.45. The summed E-state index contributed by atoms with van der Waals surface area (Å²) in [7, 11) is 1.95. The van der Waals surface area contributed by atoms with Gasteiger partial charge in [-0.25, -0.2) is 0 Å². The normalized spacial score (nSPS) is 23.4. The third-order valence-electron chi connectivity index (χ3n) is 4.54. The molecule has 0 saturated carbocycles. The number of likely N-dealkylation sites (N-methyl/N-ethyl adjacent to an activating group) is 1. The minimum Gasteiger partial charge on any atom is -0.344 e. The molecule has 2 unspecified atom stereocenters. The molecule has 2 atom stereocenters. The zero-order valence-electron chi connectivity index (χ0n) is 14.0. The fourth-order valence-electron chi connectivity index (χ4n) is 3.34. The molecule has 7 heteroatoms. The van der Waals surface area contributed by atoms with Crippen molar-refractivity contribution in [2.75, 3.05) is 38.3 Å². The number of amides is 1. The molecule has 0 spiro atoms. The first-order valence-electron chi connectivity index (χ1n) is 8.05. The van der Waals surface area contributed by atoms with Gasteiger partial charge in [0.15, 0.2) is 0 Å². The number of likely N-dealkylation sites (tertiary alicyclic amines) is 1. The molecule has 3 rings (SSSR count). The predicted octanol–water partition coefficient (Wildman–Crippen LogP) is 2.47. The third kappa shape index (κ3) is 5.81. The van der Waals surface area contributed by atoms with Gasteiger partial charge >= 0.3 is 0 Å². The fourth-order valence-corrected chi connectivity index (χ4v) is 4.28. The van der Waals surface area contributed by atoms with E-state index in [4.69, 9.17) is 0 Å². The van der Waals surface area contributed by atoms with Crippen LogP contribution in [0.5, 0.6) is 0 Å². The zero-order valence-corrected chi connectivity index (χ0v) is 16.5. The van der Waals surface area contributed by atoms with Crippen LogP contribution in [0.1, 0.15) is 12.0 Å². The molecule has 4 nitrogen and oxygen atoms in total. The molecular weight excluding hydrogens is 365 g/mol. The van der Waals surface area contributed by atoms with Crippen molar-refractivity contribution in [1.29, 1.82) is 0 Å². The number of hydrogen-bond donors (Lipinski definition) is 1. The Bertz CT molecular complexity index is 500. The van der Waals surface area contributed by atoms with Gasteiger partial charge in [0.1, 0.15) is 0 Å². The molecule has 2 heterocycles. The second-order valence-corrected chi connectivity index (χ2v) is 7.40. The summed E-state index contributed by atoms with van der Waals surface area (Å²) in [5.41, 5.74) is 1.37. The molecule has 0 radical (unpaired) electrons. The lowest BCUT2D eigenvalue weighted by atomic mass is 10.1. The molecule has 1 aromatic carbocycles. The molecule has 0 aromatic heterocycles. The van der Waals surface area contributed by atoms with Crippen LogP contribution >= 0.6 is 36.6 Å². The number of benzene rings is 1. The first-order chi connectivity index (χ1) is 10.7. The van der Waals surface area contributed by atoms with Crippen molar-refractivity contribution in [2.24, 2.45) is 5.92 Å². The molecule has 24 heavy (non-hydrogen) atoms. The van der Waals surface area contributed by atoms with Crippen molar-refractivity contribution in [1.82, 2.24) is 15.1 Å². The van der Waals surface area contributed by atoms with Crippen LogP contribution in [0.2, 0.25) is 0 Å². The van der Waals surface area contributed by atoms with E-state index in [1.165, 1.54) is 12.0 Å². The molecule has 2 fully saturated rings. The highest BCUT2D eigenvalue weighted by Gasteiger charge is 2.29. The second-order valence-electron chi connectivity index (χ2n) is 6.37. The van der Waals surface area contributed by atoms with E-state index < -0.39 is 0 Å². The van der Waals surface area contributed by atoms with Gasteiger partial charge in [0, 0.05) is 38.3 Å². The summed E-state index contributed by atoms with van der Waals surface area (Å²) in [5, 5.41) is 3.26. The lowest BCUT2D eigenvalue weighted by molar-refractivity contribution is -0.131. The summed E-state index contributed by atoms with van der Waals surface area (Å²) >= 11 is 1.81. The molecule has 2 aliphatic heterocycles. The van der Waals surface area contributed by atoms with Crippen LogP contribution in [0.25, 0.3) is 0 Å². The van der Waals surface area contributed by atoms with Crippen molar-refractivity contribution >= 4 is 42.5 Å². The standard InChI is InChI=1S/C17H25N3OS.2ClH/c1-19(17(21)16-12-22-13-18-16)9-15-7-8-20(11-15)10-14-5-3-2-4-6-14;;/h2-6,15-16,18H,7-13H2,1H3;2*1H. The summed E-state index contributed by atoms with van der Waals surface area (Å²) in [4.78, 5) is 16.8. The maximum atomic E-state index is 12.3. The van der Waals surface area contributed by atoms with Crippen molar-refractivity contribution < 1.29 is 4.79 Å². The van der Waals surface area contributed by atoms with Crippen LogP contribution < -0.4 is 5.32 Å². The number of carbonyl (C=O) groups is 1. The van der Waals surface area contributed by atoms with Crippen LogP contribution in [0.3, 0.4) is 0 Å². The summed E-state index contributed by atoms with van der Waals surface area (Å²) < 4.78 is 0. The molecule has 0 bridgehead atoms. The van der Waals surface area contributed by atoms with Crippen LogP contribution in [0.4, 0.5) is 0 Å². The van der Waals surface area contributed by atoms with Gasteiger partial charge in [-0.3, -0.25) is 15.0 Å². The van der Waals surface area contributed by atoms with Crippen LogP contribution in [-0.2, 0) is 11.3 Å². The summed E-state index contributed by atoms with van der Waals surface area (Å²) in [6.07, 6.45) is 1.19. The molecule has 1 N–H and O–H groups in total. The summed E-state index contributed by atoms with van der Waals surface area (Å²) in [6, 6.07) is 10.7. The van der Waals surface area contributed by atoms with Crippen molar-refractivity contribution in [3.8, 4) is 0 Å². The van der Waals surface area contributed by atoms with Gasteiger partial charge in [-0.15, -0.1) is 36.6 Å². The van der Waals surface area contributed by atoms with E-state index in [0.29, 0.717) is 5.92 Å². The van der Waals surface area contributed by atoms with Gasteiger partial charge in [0.25, 0.3) is 0 Å². The van der Waals surface area contributed by atoms with Crippen molar-refractivity contribution in [3.05, 3.63) is 35.9 Å². The average molecular weight is 392 g/mol. The Morgan fingerprint density at radius 1 is 1.33 bits per heavy atom. The number of hydrogen-bond acceptors (Lipinski definition) is 4. The van der Waals surface area contributed by atoms with E-state index in [0.717, 1.165) is 37.8 Å². The van der Waals surface area contributed by atoms with Gasteiger partial charge < -0.3 is 4.90 Å². The lowest BCUT2D eigenvalue weighted by Gasteiger charge is -2.24. The van der Waals surface area contributed by atoms with Gasteiger partial charge in [-0.1, -0.05) is 30.3 Å². The van der Waals surface area contributed by atoms with Crippen molar-refractivity contribution in [2.45, 2.75) is 19.0 Å². The maximum Gasteiger partial charge on any atom is 0.240 e. The molecule has 0 aliphatic carbocycles. The smallest absolute Gasteiger partial charge is 0.240 e. The SMILES string of the molecule is CN(CC1CCN(Cc2ccccc2)C1)C(=O)C1CSCN1.Cl.Cl. The highest BCUT2D eigenvalue weighted by atomic mass is 35.5. The van der Waals surface area contributed by atoms with Gasteiger partial charge in [0.2, 0.25) is 5.91 Å². The molecule has 136 valence electrons. The monoisotopic (exact) mass is 391 g/mol. The van der Waals surface area contributed by atoms with E-state index in [1.807, 2.05) is 11.9 Å². The summed E-state index contributed by atoms with van der Waals surface area (Å²) in [6.45, 7) is 4.14. The average Bonchev–Trinajstić information content (AvgIpc) is 3.19. The number of nitrogens with one attached hydrogen (secondary N) is 1. The molecule has 1 aromatic rings. The maximum absolute atomic E-state index is 12.3. The first kappa shape index (κ1) is 21.6. The van der Waals surface area contributed by atoms with E-state index in [1.54, 1.807) is 11.8 Å². The first-order valence-corrected chi connectivity index (χ1v) is 9.20. The fraction of sp³-hybridized carbons (Fsp3) is 0.588. The van der Waals surface area contributed by atoms with Crippen molar-refractivity contribution in [3.63, 3.8) is 0 Å². The van der Waals surface area contributed by atoms with E-state index in [-0.39, 0.29) is 36.8 Å². The Balaban J connectivity index is 0.00000144. The van der Waals surface area contributed by atoms with E-state index in [9.17, 15) is 4.79 Å². The minimum absolute atomic E-state index is 0. The summed E-state index contributed by atoms with van der Waals surface area (Å²) in [5.74, 6) is 2.67. The molecule has 2 saturated heterocycles. The Morgan fingerprint density at radius 2 is 2.08 bits per heavy atom. The molecule has 2 aliphatic rings. The topological polar surface area (TPSA) is 35.6 Å². The third-order valence-corrected chi connectivity index (χ3v) is 5.48. The Labute approximate surface area is 161 Å². The lowest BCUT2D eigenvalue weighted by Crippen LogP contribution is -2.44. The van der Waals surface area contributed by atoms with Gasteiger partial charge in [0.05, 0.1) is 6.04 Å². The predicted molar refractivity (Wildman–Crippen MR) is 106 cm³/mol. The Morgan fingerprint density at radius 3 is 2.75 bits per heavy atom. The number of halogens is 2. The number of carbonyl (C=O) groups excluding carboxylic acids is 1. The number of thioether (sulfide) groups is 1. The quantitative estimate of drug-likeness (QED) is 0.835.